The number of aromatic nitrogens is 3. The molecule has 0 fully saturated rings. The molecule has 0 unspecified atom stereocenters. The van der Waals surface area contributed by atoms with Crippen molar-refractivity contribution in [2.75, 3.05) is 4.90 Å². The Morgan fingerprint density at radius 2 is 1.40 bits per heavy atom. The van der Waals surface area contributed by atoms with Gasteiger partial charge in [-0.2, -0.15) is 0 Å². The van der Waals surface area contributed by atoms with Gasteiger partial charge < -0.3 is 4.90 Å². The zero-order valence-electron chi connectivity index (χ0n) is 27.6. The van der Waals surface area contributed by atoms with Crippen molar-refractivity contribution in [1.82, 2.24) is 14.5 Å². The van der Waals surface area contributed by atoms with Gasteiger partial charge in [-0.05, 0) is 113 Å². The van der Waals surface area contributed by atoms with Crippen LogP contribution in [0.25, 0.3) is 60.8 Å². The minimum Gasteiger partial charge on any atom is -0.310 e. The fraction of sp³-hybridized carbons (Fsp3) is 0.0435. The molecule has 0 saturated heterocycles. The Labute approximate surface area is 290 Å². The fourth-order valence-electron chi connectivity index (χ4n) is 7.99. The van der Waals surface area contributed by atoms with Gasteiger partial charge in [-0.3, -0.25) is 9.55 Å². The van der Waals surface area contributed by atoms with Crippen LogP contribution in [0.15, 0.2) is 164 Å². The maximum atomic E-state index is 4.89. The average molecular weight is 641 g/mol. The fourth-order valence-corrected chi connectivity index (χ4v) is 7.99. The van der Waals surface area contributed by atoms with Crippen molar-refractivity contribution in [3.05, 3.63) is 181 Å². The molecule has 1 aliphatic rings. The highest BCUT2D eigenvalue weighted by molar-refractivity contribution is 6.18. The monoisotopic (exact) mass is 640 g/mol. The number of aryl methyl sites for hydroxylation is 1. The van der Waals surface area contributed by atoms with Gasteiger partial charge in [-0.1, -0.05) is 84.9 Å². The summed E-state index contributed by atoms with van der Waals surface area (Å²) in [7, 11) is 0. The van der Waals surface area contributed by atoms with Gasteiger partial charge in [0.25, 0.3) is 0 Å². The Bertz CT molecular complexity index is 2740. The van der Waals surface area contributed by atoms with Crippen molar-refractivity contribution in [3.63, 3.8) is 0 Å². The van der Waals surface area contributed by atoms with Crippen LogP contribution in [0, 0.1) is 6.92 Å². The van der Waals surface area contributed by atoms with Crippen molar-refractivity contribution in [1.29, 1.82) is 0 Å². The predicted octanol–water partition coefficient (Wildman–Crippen LogP) is 11.7. The van der Waals surface area contributed by atoms with E-state index in [9.17, 15) is 0 Å². The van der Waals surface area contributed by atoms with Gasteiger partial charge in [0.15, 0.2) is 0 Å². The number of fused-ring (bicyclic) bond motifs is 8. The normalized spacial score (nSPS) is 12.0. The average Bonchev–Trinajstić information content (AvgIpc) is 3.70. The topological polar surface area (TPSA) is 34.0 Å². The van der Waals surface area contributed by atoms with E-state index in [-0.39, 0.29) is 0 Å². The van der Waals surface area contributed by atoms with Crippen LogP contribution in [0.1, 0.15) is 16.7 Å². The lowest BCUT2D eigenvalue weighted by Crippen LogP contribution is -2.10. The van der Waals surface area contributed by atoms with E-state index >= 15 is 0 Å². The Hall–Kier alpha value is -6.52. The first-order valence-corrected chi connectivity index (χ1v) is 17.1. The molecule has 4 heteroatoms. The second-order valence-electron chi connectivity index (χ2n) is 13.2. The highest BCUT2D eigenvalue weighted by Crippen LogP contribution is 2.47. The predicted molar refractivity (Wildman–Crippen MR) is 207 cm³/mol. The lowest BCUT2D eigenvalue weighted by Gasteiger charge is -2.27. The highest BCUT2D eigenvalue weighted by atomic mass is 15.1. The summed E-state index contributed by atoms with van der Waals surface area (Å²) < 4.78 is 2.33. The molecule has 0 spiro atoms. The van der Waals surface area contributed by atoms with Gasteiger partial charge in [-0.25, -0.2) is 4.98 Å². The smallest absolute Gasteiger partial charge is 0.137 e. The van der Waals surface area contributed by atoms with E-state index in [1.54, 1.807) is 0 Å². The quantitative estimate of drug-likeness (QED) is 0.188. The van der Waals surface area contributed by atoms with Crippen molar-refractivity contribution in [2.45, 2.75) is 13.3 Å². The van der Waals surface area contributed by atoms with Crippen LogP contribution in [-0.4, -0.2) is 14.5 Å². The minimum atomic E-state index is 0.905. The largest absolute Gasteiger partial charge is 0.310 e. The Morgan fingerprint density at radius 1 is 0.560 bits per heavy atom. The molecule has 0 N–H and O–H groups in total. The van der Waals surface area contributed by atoms with E-state index in [4.69, 9.17) is 9.97 Å². The van der Waals surface area contributed by atoms with Crippen LogP contribution in [0.4, 0.5) is 17.1 Å². The summed E-state index contributed by atoms with van der Waals surface area (Å²) in [6.07, 6.45) is 4.75. The molecule has 0 atom stereocenters. The summed E-state index contributed by atoms with van der Waals surface area (Å²) in [6, 6.07) is 54.5. The first-order valence-electron chi connectivity index (χ1n) is 17.1. The van der Waals surface area contributed by atoms with Gasteiger partial charge in [0.1, 0.15) is 5.82 Å². The number of hydrogen-bond acceptors (Lipinski definition) is 3. The van der Waals surface area contributed by atoms with Crippen LogP contribution in [0.3, 0.4) is 0 Å². The Morgan fingerprint density at radius 3 is 2.30 bits per heavy atom. The molecule has 0 aliphatic heterocycles. The molecule has 236 valence electrons. The van der Waals surface area contributed by atoms with Crippen LogP contribution in [0.5, 0.6) is 0 Å². The molecular weight excluding hydrogens is 609 g/mol. The zero-order chi connectivity index (χ0) is 33.2. The molecule has 1 aliphatic carbocycles. The number of rotatable bonds is 5. The number of para-hydroxylation sites is 1. The summed E-state index contributed by atoms with van der Waals surface area (Å²) in [6.45, 7) is 2.17. The van der Waals surface area contributed by atoms with Crippen molar-refractivity contribution < 1.29 is 0 Å². The van der Waals surface area contributed by atoms with Crippen LogP contribution >= 0.6 is 0 Å². The highest BCUT2D eigenvalue weighted by Gasteiger charge is 2.26. The van der Waals surface area contributed by atoms with Crippen LogP contribution in [0.2, 0.25) is 0 Å². The first-order chi connectivity index (χ1) is 24.7. The number of pyridine rings is 2. The third kappa shape index (κ3) is 4.46. The van der Waals surface area contributed by atoms with Crippen molar-refractivity contribution in [3.8, 4) is 28.2 Å². The molecule has 3 aromatic heterocycles. The Balaban J connectivity index is 1.23. The summed E-state index contributed by atoms with van der Waals surface area (Å²) in [5.74, 6) is 0.905. The first kappa shape index (κ1) is 28.5. The zero-order valence-corrected chi connectivity index (χ0v) is 27.6. The molecule has 4 nitrogen and oxygen atoms in total. The molecule has 0 radical (unpaired) electrons. The number of hydrogen-bond donors (Lipinski definition) is 0. The van der Waals surface area contributed by atoms with Gasteiger partial charge in [0, 0.05) is 51.2 Å². The molecule has 9 aromatic rings. The van der Waals surface area contributed by atoms with Gasteiger partial charge in [0.2, 0.25) is 0 Å². The van der Waals surface area contributed by atoms with Gasteiger partial charge in [-0.15, -0.1) is 0 Å². The van der Waals surface area contributed by atoms with Crippen molar-refractivity contribution >= 4 is 49.6 Å². The lowest BCUT2D eigenvalue weighted by molar-refractivity contribution is 1.08. The molecular formula is C46H32N4. The third-order valence-corrected chi connectivity index (χ3v) is 10.1. The molecule has 0 bridgehead atoms. The van der Waals surface area contributed by atoms with Gasteiger partial charge in [0.05, 0.1) is 16.7 Å². The van der Waals surface area contributed by atoms with Crippen LogP contribution < -0.4 is 4.90 Å². The molecule has 0 saturated carbocycles. The second kappa shape index (κ2) is 11.3. The number of anilines is 3. The second-order valence-corrected chi connectivity index (χ2v) is 13.2. The Kier molecular flexibility index (Phi) is 6.43. The van der Waals surface area contributed by atoms with E-state index < -0.39 is 0 Å². The standard InChI is InChI=1S/C46H32N4/c1-30-25-34(46-39-16-8-5-11-31(39)22-24-48-46)28-37(26-30)49(35-13-3-2-4-14-35)36-19-20-40-42(29-36)50(43-17-9-10-23-47-43)41-21-18-33-27-32-12-6-7-15-38(32)44(33)45(40)41/h2-26,28-29H,27H2,1H3. The van der Waals surface area contributed by atoms with E-state index in [0.29, 0.717) is 0 Å². The number of benzene rings is 6. The summed E-state index contributed by atoms with van der Waals surface area (Å²) in [4.78, 5) is 12.1. The van der Waals surface area contributed by atoms with Crippen LogP contribution in [-0.2, 0) is 6.42 Å². The van der Waals surface area contributed by atoms with E-state index in [1.165, 1.54) is 44.0 Å². The molecule has 6 aromatic carbocycles. The maximum absolute atomic E-state index is 4.89. The van der Waals surface area contributed by atoms with Crippen molar-refractivity contribution in [2.24, 2.45) is 0 Å². The van der Waals surface area contributed by atoms with E-state index in [1.807, 2.05) is 18.5 Å². The lowest BCUT2D eigenvalue weighted by atomic mass is 9.99. The molecule has 3 heterocycles. The summed E-state index contributed by atoms with van der Waals surface area (Å²) in [5.41, 5.74) is 14.2. The van der Waals surface area contributed by atoms with E-state index in [2.05, 4.69) is 162 Å². The summed E-state index contributed by atoms with van der Waals surface area (Å²) in [5, 5.41) is 4.84. The maximum Gasteiger partial charge on any atom is 0.137 e. The molecule has 0 amide bonds. The van der Waals surface area contributed by atoms with Gasteiger partial charge >= 0.3 is 0 Å². The SMILES string of the molecule is Cc1cc(-c2nccc3ccccc23)cc(N(c2ccccc2)c2ccc3c4c5c(ccc4n(-c4ccccn4)c3c2)Cc2ccccc2-5)c1. The molecule has 10 rings (SSSR count). The summed E-state index contributed by atoms with van der Waals surface area (Å²) >= 11 is 0. The third-order valence-electron chi connectivity index (χ3n) is 10.1. The minimum absolute atomic E-state index is 0.905. The number of nitrogens with zero attached hydrogens (tertiary/aromatic N) is 4. The van der Waals surface area contributed by atoms with E-state index in [0.717, 1.165) is 57.0 Å². The molecule has 50 heavy (non-hydrogen) atoms.